The van der Waals surface area contributed by atoms with E-state index in [1.165, 1.54) is 0 Å². The Morgan fingerprint density at radius 1 is 1.07 bits per heavy atom. The Balaban J connectivity index is 2.64. The standard InChI is InChI=1S/C6H5F7O2/c7-4(8,5(9,10)11)6(12,13)15-2-3-1-14-3/h3H,1-2H2. The second-order valence-corrected chi connectivity index (χ2v) is 2.86. The highest BCUT2D eigenvalue weighted by molar-refractivity contribution is 4.85. The third kappa shape index (κ3) is 2.51. The van der Waals surface area contributed by atoms with Crippen LogP contribution in [0.2, 0.25) is 0 Å². The van der Waals surface area contributed by atoms with Crippen molar-refractivity contribution in [2.24, 2.45) is 0 Å². The first-order valence-electron chi connectivity index (χ1n) is 3.66. The number of halogens is 7. The molecule has 1 atom stereocenters. The Bertz CT molecular complexity index is 232. The SMILES string of the molecule is FC(F)(F)C(F)(F)C(F)(F)OCC1CO1. The predicted octanol–water partition coefficient (Wildman–Crippen LogP) is 2.19. The van der Waals surface area contributed by atoms with Gasteiger partial charge in [0.1, 0.15) is 6.10 Å². The summed E-state index contributed by atoms with van der Waals surface area (Å²) >= 11 is 0. The molecule has 9 heteroatoms. The second kappa shape index (κ2) is 3.48. The van der Waals surface area contributed by atoms with Crippen molar-refractivity contribution in [3.05, 3.63) is 0 Å². The van der Waals surface area contributed by atoms with E-state index < -0.39 is 30.9 Å². The average molecular weight is 242 g/mol. The lowest BCUT2D eigenvalue weighted by Crippen LogP contribution is -2.53. The fourth-order valence-electron chi connectivity index (χ4n) is 0.618. The van der Waals surface area contributed by atoms with Crippen LogP contribution < -0.4 is 0 Å². The molecule has 0 amide bonds. The molecule has 1 aliphatic rings. The van der Waals surface area contributed by atoms with Crippen molar-refractivity contribution in [2.45, 2.75) is 24.3 Å². The molecule has 0 radical (unpaired) electrons. The first-order valence-corrected chi connectivity index (χ1v) is 3.66. The zero-order valence-electron chi connectivity index (χ0n) is 6.95. The molecule has 0 aromatic heterocycles. The van der Waals surface area contributed by atoms with E-state index in [-0.39, 0.29) is 6.61 Å². The molecule has 1 heterocycles. The normalized spacial score (nSPS) is 23.0. The van der Waals surface area contributed by atoms with Crippen LogP contribution in [0.5, 0.6) is 0 Å². The van der Waals surface area contributed by atoms with Gasteiger partial charge in [0, 0.05) is 0 Å². The van der Waals surface area contributed by atoms with Gasteiger partial charge in [0.25, 0.3) is 0 Å². The highest BCUT2D eigenvalue weighted by atomic mass is 19.4. The maximum absolute atomic E-state index is 12.3. The maximum atomic E-state index is 12.3. The first-order chi connectivity index (χ1) is 6.58. The van der Waals surface area contributed by atoms with Crippen LogP contribution in [0.1, 0.15) is 0 Å². The number of hydrogen-bond donors (Lipinski definition) is 0. The molecular formula is C6H5F7O2. The molecule has 0 spiro atoms. The lowest BCUT2D eigenvalue weighted by molar-refractivity contribution is -0.424. The molecule has 1 rings (SSSR count). The van der Waals surface area contributed by atoms with Crippen molar-refractivity contribution in [3.63, 3.8) is 0 Å². The lowest BCUT2D eigenvalue weighted by atomic mass is 10.3. The Morgan fingerprint density at radius 3 is 1.87 bits per heavy atom. The molecule has 0 aromatic carbocycles. The molecular weight excluding hydrogens is 237 g/mol. The molecule has 0 aromatic rings. The van der Waals surface area contributed by atoms with E-state index in [4.69, 9.17) is 0 Å². The number of epoxide rings is 1. The van der Waals surface area contributed by atoms with Crippen LogP contribution in [0, 0.1) is 0 Å². The summed E-state index contributed by atoms with van der Waals surface area (Å²) in [6.45, 7) is -0.994. The van der Waals surface area contributed by atoms with Crippen molar-refractivity contribution in [3.8, 4) is 0 Å². The minimum atomic E-state index is -6.36. The third-order valence-electron chi connectivity index (χ3n) is 1.57. The lowest BCUT2D eigenvalue weighted by Gasteiger charge is -2.27. The molecule has 1 fully saturated rings. The van der Waals surface area contributed by atoms with E-state index in [2.05, 4.69) is 9.47 Å². The van der Waals surface area contributed by atoms with E-state index in [0.717, 1.165) is 0 Å². The van der Waals surface area contributed by atoms with Gasteiger partial charge in [-0.05, 0) is 0 Å². The highest BCUT2D eigenvalue weighted by Crippen LogP contribution is 2.47. The van der Waals surface area contributed by atoms with Gasteiger partial charge in [0.15, 0.2) is 0 Å². The monoisotopic (exact) mass is 242 g/mol. The highest BCUT2D eigenvalue weighted by Gasteiger charge is 2.74. The van der Waals surface area contributed by atoms with Gasteiger partial charge in [-0.2, -0.15) is 30.7 Å². The summed E-state index contributed by atoms with van der Waals surface area (Å²) in [6.07, 6.45) is -12.8. The third-order valence-corrected chi connectivity index (χ3v) is 1.57. The topological polar surface area (TPSA) is 21.8 Å². The summed E-state index contributed by atoms with van der Waals surface area (Å²) in [5.41, 5.74) is 0. The minimum absolute atomic E-state index is 0.00761. The molecule has 90 valence electrons. The van der Waals surface area contributed by atoms with Crippen LogP contribution in [0.25, 0.3) is 0 Å². The number of hydrogen-bond acceptors (Lipinski definition) is 2. The molecule has 2 nitrogen and oxygen atoms in total. The van der Waals surface area contributed by atoms with Crippen molar-refractivity contribution in [1.29, 1.82) is 0 Å². The minimum Gasteiger partial charge on any atom is -0.371 e. The smallest absolute Gasteiger partial charge is 0.371 e. The Labute approximate surface area is 78.9 Å². The zero-order chi connectivity index (χ0) is 11.9. The summed E-state index contributed by atoms with van der Waals surface area (Å²) in [5, 5.41) is 0. The fourth-order valence-corrected chi connectivity index (χ4v) is 0.618. The van der Waals surface area contributed by atoms with Crippen LogP contribution in [0.15, 0.2) is 0 Å². The summed E-state index contributed by atoms with van der Waals surface area (Å²) < 4.78 is 91.1. The molecule has 1 aliphatic heterocycles. The van der Waals surface area contributed by atoms with Gasteiger partial charge < -0.3 is 9.47 Å². The van der Waals surface area contributed by atoms with E-state index >= 15 is 0 Å². The Kier molecular flexibility index (Phi) is 2.90. The van der Waals surface area contributed by atoms with Crippen molar-refractivity contribution >= 4 is 0 Å². The number of ether oxygens (including phenoxy) is 2. The molecule has 15 heavy (non-hydrogen) atoms. The predicted molar refractivity (Wildman–Crippen MR) is 31.6 cm³/mol. The van der Waals surface area contributed by atoms with Crippen LogP contribution >= 0.6 is 0 Å². The second-order valence-electron chi connectivity index (χ2n) is 2.86. The van der Waals surface area contributed by atoms with E-state index in [9.17, 15) is 30.7 Å². The van der Waals surface area contributed by atoms with Crippen LogP contribution in [0.4, 0.5) is 30.7 Å². The van der Waals surface area contributed by atoms with E-state index in [1.54, 1.807) is 0 Å². The molecule has 0 bridgehead atoms. The van der Waals surface area contributed by atoms with Gasteiger partial charge in [-0.25, -0.2) is 0 Å². The van der Waals surface area contributed by atoms with Gasteiger partial charge >= 0.3 is 18.2 Å². The molecule has 0 saturated carbocycles. The van der Waals surface area contributed by atoms with E-state index in [1.807, 2.05) is 0 Å². The summed E-state index contributed by atoms with van der Waals surface area (Å²) in [5.74, 6) is -6.21. The van der Waals surface area contributed by atoms with Crippen molar-refractivity contribution in [1.82, 2.24) is 0 Å². The summed E-state index contributed by atoms with van der Waals surface area (Å²) in [4.78, 5) is 0. The van der Waals surface area contributed by atoms with Gasteiger partial charge in [-0.15, -0.1) is 0 Å². The summed E-state index contributed by atoms with van der Waals surface area (Å²) in [6, 6.07) is 0. The fraction of sp³-hybridized carbons (Fsp3) is 1.00. The van der Waals surface area contributed by atoms with E-state index in [0.29, 0.717) is 0 Å². The van der Waals surface area contributed by atoms with Crippen molar-refractivity contribution < 1.29 is 40.2 Å². The van der Waals surface area contributed by atoms with Crippen LogP contribution in [-0.2, 0) is 9.47 Å². The van der Waals surface area contributed by atoms with Crippen molar-refractivity contribution in [2.75, 3.05) is 13.2 Å². The number of alkyl halides is 7. The van der Waals surface area contributed by atoms with Crippen LogP contribution in [-0.4, -0.2) is 37.5 Å². The van der Waals surface area contributed by atoms with Gasteiger partial charge in [-0.1, -0.05) is 0 Å². The Hall–Kier alpha value is -0.570. The van der Waals surface area contributed by atoms with Gasteiger partial charge in [0.2, 0.25) is 0 Å². The zero-order valence-corrected chi connectivity index (χ0v) is 6.95. The molecule has 0 aliphatic carbocycles. The first kappa shape index (κ1) is 12.5. The number of rotatable bonds is 4. The Morgan fingerprint density at radius 2 is 1.53 bits per heavy atom. The van der Waals surface area contributed by atoms with Crippen LogP contribution in [0.3, 0.4) is 0 Å². The molecule has 1 saturated heterocycles. The molecule has 1 unspecified atom stereocenters. The quantitative estimate of drug-likeness (QED) is 0.556. The largest absolute Gasteiger partial charge is 0.462 e. The summed E-state index contributed by atoms with van der Waals surface area (Å²) in [7, 11) is 0. The van der Waals surface area contributed by atoms with Gasteiger partial charge in [-0.3, -0.25) is 0 Å². The molecule has 0 N–H and O–H groups in total. The van der Waals surface area contributed by atoms with Gasteiger partial charge in [0.05, 0.1) is 13.2 Å². The maximum Gasteiger partial charge on any atom is 0.462 e. The average Bonchev–Trinajstić information content (AvgIpc) is 2.81.